The summed E-state index contributed by atoms with van der Waals surface area (Å²) in [5.74, 6) is -1.24. The lowest BCUT2D eigenvalue weighted by Gasteiger charge is -1.99. The van der Waals surface area contributed by atoms with E-state index in [0.29, 0.717) is 5.56 Å². The topological polar surface area (TPSA) is 43.4 Å². The van der Waals surface area contributed by atoms with Crippen molar-refractivity contribution < 1.29 is 14.3 Å². The van der Waals surface area contributed by atoms with E-state index in [0.717, 1.165) is 4.47 Å². The van der Waals surface area contributed by atoms with Gasteiger partial charge in [0.15, 0.2) is 0 Å². The van der Waals surface area contributed by atoms with Gasteiger partial charge in [-0.05, 0) is 18.2 Å². The molecule has 0 aliphatic rings. The molecule has 0 unspecified atom stereocenters. The second kappa shape index (κ2) is 4.18. The van der Waals surface area contributed by atoms with Gasteiger partial charge in [-0.15, -0.1) is 0 Å². The van der Waals surface area contributed by atoms with Crippen molar-refractivity contribution >= 4 is 27.9 Å². The fourth-order valence-corrected chi connectivity index (χ4v) is 1.20. The highest BCUT2D eigenvalue weighted by molar-refractivity contribution is 9.10. The monoisotopic (exact) mass is 242 g/mol. The van der Waals surface area contributed by atoms with Crippen molar-refractivity contribution in [1.82, 2.24) is 0 Å². The Morgan fingerprint density at radius 2 is 2.08 bits per heavy atom. The van der Waals surface area contributed by atoms with Gasteiger partial charge in [-0.2, -0.15) is 0 Å². The van der Waals surface area contributed by atoms with Crippen LogP contribution < -0.4 is 0 Å². The lowest BCUT2D eigenvalue weighted by atomic mass is 10.2. The summed E-state index contributed by atoms with van der Waals surface area (Å²) in [7, 11) is 0. The molecule has 0 radical (unpaired) electrons. The van der Waals surface area contributed by atoms with E-state index in [-0.39, 0.29) is 0 Å². The number of benzene rings is 1. The first-order chi connectivity index (χ1) is 6.09. The van der Waals surface area contributed by atoms with Crippen molar-refractivity contribution in [2.24, 2.45) is 0 Å². The van der Waals surface area contributed by atoms with E-state index in [1.54, 1.807) is 24.3 Å². The van der Waals surface area contributed by atoms with Gasteiger partial charge in [0.1, 0.15) is 0 Å². The third-order valence-corrected chi connectivity index (χ3v) is 1.79. The molecule has 0 amide bonds. The highest BCUT2D eigenvalue weighted by Gasteiger charge is 2.08. The summed E-state index contributed by atoms with van der Waals surface area (Å²) in [6.07, 6.45) is 0. The smallest absolute Gasteiger partial charge is 0.345 e. The Morgan fingerprint density at radius 1 is 1.38 bits per heavy atom. The van der Waals surface area contributed by atoms with Crippen LogP contribution in [0.5, 0.6) is 0 Å². The van der Waals surface area contributed by atoms with E-state index in [2.05, 4.69) is 20.7 Å². The molecule has 0 aromatic heterocycles. The van der Waals surface area contributed by atoms with Crippen molar-refractivity contribution in [2.75, 3.05) is 0 Å². The molecule has 0 N–H and O–H groups in total. The largest absolute Gasteiger partial charge is 0.390 e. The fourth-order valence-electron chi connectivity index (χ4n) is 0.805. The summed E-state index contributed by atoms with van der Waals surface area (Å²) in [5.41, 5.74) is 0.351. The molecule has 0 saturated heterocycles. The molecule has 0 heterocycles. The normalized spacial score (nSPS) is 9.38. The first-order valence-electron chi connectivity index (χ1n) is 3.58. The Bertz CT molecular complexity index is 346. The minimum absolute atomic E-state index is 0.351. The number of hydrogen-bond donors (Lipinski definition) is 0. The van der Waals surface area contributed by atoms with Gasteiger partial charge in [-0.1, -0.05) is 22.0 Å². The van der Waals surface area contributed by atoms with Crippen molar-refractivity contribution in [3.05, 3.63) is 34.3 Å². The average molecular weight is 243 g/mol. The molecule has 0 bridgehead atoms. The van der Waals surface area contributed by atoms with Crippen LogP contribution in [0.2, 0.25) is 0 Å². The number of halogens is 1. The highest BCUT2D eigenvalue weighted by atomic mass is 79.9. The summed E-state index contributed by atoms with van der Waals surface area (Å²) in [6.45, 7) is 1.19. The molecular weight excluding hydrogens is 236 g/mol. The van der Waals surface area contributed by atoms with E-state index in [1.807, 2.05) is 0 Å². The number of rotatable bonds is 1. The molecule has 0 aliphatic heterocycles. The summed E-state index contributed by atoms with van der Waals surface area (Å²) in [5, 5.41) is 0. The van der Waals surface area contributed by atoms with E-state index in [4.69, 9.17) is 0 Å². The van der Waals surface area contributed by atoms with Crippen molar-refractivity contribution in [1.29, 1.82) is 0 Å². The molecule has 1 aromatic rings. The molecular formula is C9H7BrO3. The molecule has 68 valence electrons. The Labute approximate surface area is 83.8 Å². The lowest BCUT2D eigenvalue weighted by molar-refractivity contribution is -0.135. The predicted molar refractivity (Wildman–Crippen MR) is 50.2 cm³/mol. The van der Waals surface area contributed by atoms with Gasteiger partial charge in [0.05, 0.1) is 5.56 Å². The fraction of sp³-hybridized carbons (Fsp3) is 0.111. The van der Waals surface area contributed by atoms with Crippen LogP contribution in [-0.2, 0) is 9.53 Å². The number of esters is 2. The van der Waals surface area contributed by atoms with Gasteiger partial charge in [-0.25, -0.2) is 4.79 Å². The highest BCUT2D eigenvalue weighted by Crippen LogP contribution is 2.12. The second-order valence-corrected chi connectivity index (χ2v) is 3.31. The number of hydrogen-bond acceptors (Lipinski definition) is 3. The number of carbonyl (C=O) groups is 2. The predicted octanol–water partition coefficient (Wildman–Crippen LogP) is 2.15. The van der Waals surface area contributed by atoms with Gasteiger partial charge in [0, 0.05) is 11.4 Å². The number of ether oxygens (including phenoxy) is 1. The van der Waals surface area contributed by atoms with Crippen LogP contribution >= 0.6 is 15.9 Å². The number of carbonyl (C=O) groups excluding carboxylic acids is 2. The Morgan fingerprint density at radius 3 is 2.62 bits per heavy atom. The van der Waals surface area contributed by atoms with Crippen LogP contribution in [0.3, 0.4) is 0 Å². The summed E-state index contributed by atoms with van der Waals surface area (Å²) >= 11 is 3.20. The summed E-state index contributed by atoms with van der Waals surface area (Å²) in [6, 6.07) is 6.65. The molecule has 0 saturated carbocycles. The molecule has 3 nitrogen and oxygen atoms in total. The summed E-state index contributed by atoms with van der Waals surface area (Å²) < 4.78 is 5.16. The van der Waals surface area contributed by atoms with E-state index >= 15 is 0 Å². The van der Waals surface area contributed by atoms with Crippen LogP contribution in [0.25, 0.3) is 0 Å². The van der Waals surface area contributed by atoms with Crippen molar-refractivity contribution in [2.45, 2.75) is 6.92 Å². The molecule has 0 spiro atoms. The zero-order valence-electron chi connectivity index (χ0n) is 6.91. The average Bonchev–Trinajstić information content (AvgIpc) is 2.03. The summed E-state index contributed by atoms with van der Waals surface area (Å²) in [4.78, 5) is 21.6. The molecule has 13 heavy (non-hydrogen) atoms. The third-order valence-electron chi connectivity index (χ3n) is 1.30. The van der Waals surface area contributed by atoms with Gasteiger partial charge in [0.2, 0.25) is 0 Å². The Hall–Kier alpha value is -1.16. The van der Waals surface area contributed by atoms with Gasteiger partial charge in [0.25, 0.3) is 0 Å². The van der Waals surface area contributed by atoms with Crippen LogP contribution in [0.1, 0.15) is 17.3 Å². The zero-order valence-corrected chi connectivity index (χ0v) is 8.50. The van der Waals surface area contributed by atoms with Crippen LogP contribution in [0, 0.1) is 0 Å². The van der Waals surface area contributed by atoms with Gasteiger partial charge >= 0.3 is 11.9 Å². The lowest BCUT2D eigenvalue weighted by Crippen LogP contribution is -2.08. The maximum atomic E-state index is 11.1. The third kappa shape index (κ3) is 2.99. The van der Waals surface area contributed by atoms with E-state index in [1.165, 1.54) is 6.92 Å². The molecule has 4 heteroatoms. The van der Waals surface area contributed by atoms with E-state index in [9.17, 15) is 9.59 Å². The molecule has 0 fully saturated rings. The first kappa shape index (κ1) is 9.92. The molecule has 1 aromatic carbocycles. The SMILES string of the molecule is CC(=O)OC(=O)c1cccc(Br)c1. The van der Waals surface area contributed by atoms with Gasteiger partial charge in [-0.3, -0.25) is 4.79 Å². The van der Waals surface area contributed by atoms with Crippen molar-refractivity contribution in [3.63, 3.8) is 0 Å². The second-order valence-electron chi connectivity index (χ2n) is 2.39. The minimum Gasteiger partial charge on any atom is -0.390 e. The van der Waals surface area contributed by atoms with Crippen LogP contribution in [-0.4, -0.2) is 11.9 Å². The van der Waals surface area contributed by atoms with Crippen LogP contribution in [0.15, 0.2) is 28.7 Å². The standard InChI is InChI=1S/C9H7BrO3/c1-6(11)13-9(12)7-3-2-4-8(10)5-7/h2-5H,1H3. The Kier molecular flexibility index (Phi) is 3.19. The minimum atomic E-state index is -0.631. The molecule has 0 aliphatic carbocycles. The maximum Gasteiger partial charge on any atom is 0.345 e. The Balaban J connectivity index is 2.83. The van der Waals surface area contributed by atoms with Crippen LogP contribution in [0.4, 0.5) is 0 Å². The first-order valence-corrected chi connectivity index (χ1v) is 4.37. The van der Waals surface area contributed by atoms with Gasteiger partial charge < -0.3 is 4.74 Å². The van der Waals surface area contributed by atoms with Crippen molar-refractivity contribution in [3.8, 4) is 0 Å². The zero-order chi connectivity index (χ0) is 9.84. The quantitative estimate of drug-likeness (QED) is 0.560. The van der Waals surface area contributed by atoms with E-state index < -0.39 is 11.9 Å². The molecule has 1 rings (SSSR count). The molecule has 0 atom stereocenters. The maximum absolute atomic E-state index is 11.1.